The second-order valence-electron chi connectivity index (χ2n) is 5.74. The van der Waals surface area contributed by atoms with Gasteiger partial charge in [0.2, 0.25) is 5.78 Å². The number of ketones is 1. The van der Waals surface area contributed by atoms with E-state index in [1.807, 2.05) is 0 Å². The van der Waals surface area contributed by atoms with E-state index in [-0.39, 0.29) is 16.7 Å². The highest BCUT2D eigenvalue weighted by molar-refractivity contribution is 6.01. The fourth-order valence-electron chi connectivity index (χ4n) is 2.55. The number of esters is 1. The summed E-state index contributed by atoms with van der Waals surface area (Å²) >= 11 is 0. The first-order chi connectivity index (χ1) is 12.9. The summed E-state index contributed by atoms with van der Waals surface area (Å²) in [5.74, 6) is -1.64. The molecule has 138 valence electrons. The fourth-order valence-corrected chi connectivity index (χ4v) is 2.55. The predicted octanol–water partition coefficient (Wildman–Crippen LogP) is 3.37. The zero-order chi connectivity index (χ0) is 19.6. The van der Waals surface area contributed by atoms with Gasteiger partial charge in [0.05, 0.1) is 7.11 Å². The molecule has 0 amide bonds. The van der Waals surface area contributed by atoms with E-state index in [1.165, 1.54) is 32.2 Å². The number of halogens is 1. The molecular formula is C20H15FO6. The molecule has 0 aliphatic rings. The third kappa shape index (κ3) is 3.72. The van der Waals surface area contributed by atoms with Crippen LogP contribution in [0.3, 0.4) is 0 Å². The first kappa shape index (κ1) is 18.3. The van der Waals surface area contributed by atoms with Crippen molar-refractivity contribution in [3.8, 4) is 5.75 Å². The van der Waals surface area contributed by atoms with Crippen LogP contribution in [0, 0.1) is 5.82 Å². The average Bonchev–Trinajstić information content (AvgIpc) is 2.66. The van der Waals surface area contributed by atoms with Crippen LogP contribution in [-0.4, -0.2) is 25.0 Å². The zero-order valence-corrected chi connectivity index (χ0v) is 14.5. The lowest BCUT2D eigenvalue weighted by Gasteiger charge is -2.12. The van der Waals surface area contributed by atoms with E-state index in [0.717, 1.165) is 12.1 Å². The molecule has 0 aliphatic carbocycles. The topological polar surface area (TPSA) is 82.8 Å². The first-order valence-electron chi connectivity index (χ1n) is 8.02. The molecule has 0 radical (unpaired) electrons. The van der Waals surface area contributed by atoms with Crippen LogP contribution < -0.4 is 10.4 Å². The molecule has 27 heavy (non-hydrogen) atoms. The minimum Gasteiger partial charge on any atom is -0.493 e. The molecule has 1 heterocycles. The predicted molar refractivity (Wildman–Crippen MR) is 94.6 cm³/mol. The first-order valence-corrected chi connectivity index (χ1v) is 8.02. The highest BCUT2D eigenvalue weighted by Gasteiger charge is 2.23. The summed E-state index contributed by atoms with van der Waals surface area (Å²) in [4.78, 5) is 36.8. The van der Waals surface area contributed by atoms with Gasteiger partial charge in [-0.2, -0.15) is 0 Å². The van der Waals surface area contributed by atoms with Crippen LogP contribution in [0.2, 0.25) is 0 Å². The molecule has 0 bridgehead atoms. The molecule has 6 nitrogen and oxygen atoms in total. The van der Waals surface area contributed by atoms with E-state index in [9.17, 15) is 18.8 Å². The molecule has 1 aromatic heterocycles. The molecule has 0 saturated carbocycles. The Bertz CT molecular complexity index is 1070. The van der Waals surface area contributed by atoms with Crippen LogP contribution in [0.25, 0.3) is 11.0 Å². The Labute approximate surface area is 153 Å². The van der Waals surface area contributed by atoms with Crippen molar-refractivity contribution >= 4 is 22.7 Å². The molecule has 0 aliphatic heterocycles. The van der Waals surface area contributed by atoms with E-state index in [2.05, 4.69) is 0 Å². The van der Waals surface area contributed by atoms with Gasteiger partial charge in [0, 0.05) is 10.9 Å². The van der Waals surface area contributed by atoms with Crippen molar-refractivity contribution in [3.63, 3.8) is 0 Å². The zero-order valence-electron chi connectivity index (χ0n) is 14.5. The van der Waals surface area contributed by atoms with Gasteiger partial charge >= 0.3 is 11.6 Å². The van der Waals surface area contributed by atoms with Crippen molar-refractivity contribution in [1.29, 1.82) is 0 Å². The maximum Gasteiger partial charge on any atom is 0.351 e. The second-order valence-corrected chi connectivity index (χ2v) is 5.74. The van der Waals surface area contributed by atoms with E-state index < -0.39 is 29.3 Å². The number of hydrogen-bond acceptors (Lipinski definition) is 6. The van der Waals surface area contributed by atoms with Gasteiger partial charge in [0.25, 0.3) is 0 Å². The number of methoxy groups -OCH3 is 1. The summed E-state index contributed by atoms with van der Waals surface area (Å²) in [6.45, 7) is 1.37. The molecule has 7 heteroatoms. The molecule has 0 unspecified atom stereocenters. The third-order valence-electron chi connectivity index (χ3n) is 3.95. The highest BCUT2D eigenvalue weighted by atomic mass is 19.1. The van der Waals surface area contributed by atoms with Crippen molar-refractivity contribution in [2.45, 2.75) is 13.0 Å². The summed E-state index contributed by atoms with van der Waals surface area (Å²) in [5, 5.41) is 0.471. The number of fused-ring (bicyclic) bond motifs is 1. The molecule has 0 saturated heterocycles. The lowest BCUT2D eigenvalue weighted by atomic mass is 10.1. The Kier molecular flexibility index (Phi) is 5.03. The van der Waals surface area contributed by atoms with Crippen LogP contribution in [0.15, 0.2) is 57.7 Å². The van der Waals surface area contributed by atoms with E-state index in [4.69, 9.17) is 13.9 Å². The second kappa shape index (κ2) is 7.41. The smallest absolute Gasteiger partial charge is 0.351 e. The van der Waals surface area contributed by atoms with Crippen molar-refractivity contribution in [2.24, 2.45) is 0 Å². The maximum absolute atomic E-state index is 13.0. The van der Waals surface area contributed by atoms with Gasteiger partial charge in [-0.3, -0.25) is 4.79 Å². The summed E-state index contributed by atoms with van der Waals surface area (Å²) in [6, 6.07) is 11.1. The van der Waals surface area contributed by atoms with Crippen LogP contribution in [-0.2, 0) is 4.74 Å². The molecule has 3 aromatic rings. The summed E-state index contributed by atoms with van der Waals surface area (Å²) < 4.78 is 28.3. The number of rotatable bonds is 5. The van der Waals surface area contributed by atoms with Crippen LogP contribution in [0.4, 0.5) is 4.39 Å². The van der Waals surface area contributed by atoms with Gasteiger partial charge < -0.3 is 13.9 Å². The summed E-state index contributed by atoms with van der Waals surface area (Å²) in [5.41, 5.74) is -0.850. The van der Waals surface area contributed by atoms with Gasteiger partial charge in [-0.15, -0.1) is 0 Å². The van der Waals surface area contributed by atoms with Gasteiger partial charge in [-0.25, -0.2) is 14.0 Å². The number of hydrogen-bond donors (Lipinski definition) is 0. The van der Waals surface area contributed by atoms with Crippen molar-refractivity contribution in [3.05, 3.63) is 75.9 Å². The number of ether oxygens (including phenoxy) is 2. The Morgan fingerprint density at radius 1 is 1.11 bits per heavy atom. The third-order valence-corrected chi connectivity index (χ3v) is 3.95. The van der Waals surface area contributed by atoms with Gasteiger partial charge in [0.1, 0.15) is 11.4 Å². The number of benzene rings is 2. The quantitative estimate of drug-likeness (QED) is 0.389. The van der Waals surface area contributed by atoms with Gasteiger partial charge in [-0.1, -0.05) is 12.1 Å². The Balaban J connectivity index is 1.85. The minimum absolute atomic E-state index is 0.187. The lowest BCUT2D eigenvalue weighted by Crippen LogP contribution is -2.27. The van der Waals surface area contributed by atoms with Crippen LogP contribution >= 0.6 is 0 Å². The molecule has 3 rings (SSSR count). The monoisotopic (exact) mass is 370 g/mol. The van der Waals surface area contributed by atoms with Gasteiger partial charge in [-0.05, 0) is 43.3 Å². The number of carbonyl (C=O) groups excluding carboxylic acids is 2. The summed E-state index contributed by atoms with van der Waals surface area (Å²) in [7, 11) is 1.43. The highest BCUT2D eigenvalue weighted by Crippen LogP contribution is 2.24. The van der Waals surface area contributed by atoms with E-state index >= 15 is 0 Å². The van der Waals surface area contributed by atoms with Crippen molar-refractivity contribution < 1.29 is 27.9 Å². The van der Waals surface area contributed by atoms with Gasteiger partial charge in [0.15, 0.2) is 17.4 Å². The van der Waals surface area contributed by atoms with Crippen molar-refractivity contribution in [2.75, 3.05) is 7.11 Å². The Morgan fingerprint density at radius 3 is 2.48 bits per heavy atom. The standard InChI is InChI=1S/C20H15FO6/c1-11(17(22)12-6-8-14(21)9-7-12)26-19(23)15-10-13-4-3-5-16(25-2)18(13)27-20(15)24/h3-11H,1-2H3/t11-/m0/s1. The molecule has 0 fully saturated rings. The van der Waals surface area contributed by atoms with E-state index in [0.29, 0.717) is 11.1 Å². The fraction of sp³-hybridized carbons (Fsp3) is 0.150. The summed E-state index contributed by atoms with van der Waals surface area (Å²) in [6.07, 6.45) is -1.16. The van der Waals surface area contributed by atoms with Crippen LogP contribution in [0.1, 0.15) is 27.6 Å². The van der Waals surface area contributed by atoms with E-state index in [1.54, 1.807) is 18.2 Å². The number of para-hydroxylation sites is 1. The lowest BCUT2D eigenvalue weighted by molar-refractivity contribution is 0.0315. The number of Topliss-reactive ketones (excluding diaryl/α,β-unsaturated/α-hetero) is 1. The maximum atomic E-state index is 13.0. The minimum atomic E-state index is -1.16. The van der Waals surface area contributed by atoms with Crippen LogP contribution in [0.5, 0.6) is 5.75 Å². The van der Waals surface area contributed by atoms with Crippen molar-refractivity contribution in [1.82, 2.24) is 0 Å². The largest absolute Gasteiger partial charge is 0.493 e. The molecule has 1 atom stereocenters. The molecule has 0 spiro atoms. The molecule has 2 aromatic carbocycles. The number of carbonyl (C=O) groups is 2. The normalized spacial score (nSPS) is 11.8. The molecular weight excluding hydrogens is 355 g/mol. The Morgan fingerprint density at radius 2 is 1.81 bits per heavy atom. The average molecular weight is 370 g/mol. The SMILES string of the molecule is COc1cccc2cc(C(=O)O[C@@H](C)C(=O)c3ccc(F)cc3)c(=O)oc12. The Hall–Kier alpha value is -3.48. The molecule has 0 N–H and O–H groups in total.